The Morgan fingerprint density at radius 1 is 1.16 bits per heavy atom. The number of para-hydroxylation sites is 1. The lowest BCUT2D eigenvalue weighted by molar-refractivity contribution is -0.132. The van der Waals surface area contributed by atoms with E-state index in [0.717, 1.165) is 15.2 Å². The van der Waals surface area contributed by atoms with Crippen molar-refractivity contribution in [3.63, 3.8) is 0 Å². The number of benzene rings is 1. The van der Waals surface area contributed by atoms with Crippen LogP contribution in [-0.2, 0) is 14.8 Å². The largest absolute Gasteiger partial charge is 0.390 e. The van der Waals surface area contributed by atoms with E-state index in [4.69, 9.17) is 0 Å². The highest BCUT2D eigenvalue weighted by atomic mass is 32.2. The predicted octanol–water partition coefficient (Wildman–Crippen LogP) is 2.10. The van der Waals surface area contributed by atoms with E-state index >= 15 is 0 Å². The monoisotopic (exact) mass is 539 g/mol. The molecule has 2 aromatic heterocycles. The predicted molar refractivity (Wildman–Crippen MR) is 143 cm³/mol. The number of β-amino-alcohol motifs (C(OH)–C–C–N with tert-alkyl or cyclic N) is 1. The van der Waals surface area contributed by atoms with Crippen LogP contribution in [0.15, 0.2) is 66.0 Å². The third-order valence-corrected chi connectivity index (χ3v) is 8.23. The van der Waals surface area contributed by atoms with Crippen molar-refractivity contribution in [2.45, 2.75) is 56.3 Å². The van der Waals surface area contributed by atoms with Crippen LogP contribution < -0.4 is 10.6 Å². The number of hydrogen-bond acceptors (Lipinski definition) is 8. The number of sulfonamides is 1. The van der Waals surface area contributed by atoms with Crippen molar-refractivity contribution in [2.75, 3.05) is 13.1 Å². The normalized spacial score (nSPS) is 19.1. The molecule has 0 bridgehead atoms. The standard InChI is InChI=1S/C27H33N5O5S/c1-18(2)14-22(31-26(34)20-15-19-8-3-4-9-21(19)30-16-20)27(35)32(23-10-7-12-28-17-24(23)33)38(36,37)25-11-5-6-13-29-25/h3-6,8-9,11,13,15-16,18,22-24,28,33H,7,10,12,14,17H2,1-2H3,(H,31,34)/t22?,23?,24-/m0/s1. The van der Waals surface area contributed by atoms with E-state index < -0.39 is 40.0 Å². The van der Waals surface area contributed by atoms with Crippen molar-refractivity contribution in [2.24, 2.45) is 5.92 Å². The summed E-state index contributed by atoms with van der Waals surface area (Å²) >= 11 is 0. The van der Waals surface area contributed by atoms with Crippen molar-refractivity contribution < 1.29 is 23.1 Å². The lowest BCUT2D eigenvalue weighted by Gasteiger charge is -2.35. The molecule has 1 fully saturated rings. The molecule has 2 amide bonds. The summed E-state index contributed by atoms with van der Waals surface area (Å²) < 4.78 is 28.4. The van der Waals surface area contributed by atoms with E-state index in [-0.39, 0.29) is 35.9 Å². The second-order valence-corrected chi connectivity index (χ2v) is 11.6. The number of fused-ring (bicyclic) bond motifs is 1. The smallest absolute Gasteiger partial charge is 0.284 e. The lowest BCUT2D eigenvalue weighted by atomic mass is 10.0. The lowest BCUT2D eigenvalue weighted by Crippen LogP contribution is -2.57. The van der Waals surface area contributed by atoms with E-state index in [1.54, 1.807) is 12.1 Å². The number of amides is 2. The van der Waals surface area contributed by atoms with E-state index in [1.165, 1.54) is 24.5 Å². The Bertz CT molecular complexity index is 1380. The third-order valence-electron chi connectivity index (χ3n) is 6.49. The Morgan fingerprint density at radius 3 is 2.66 bits per heavy atom. The number of nitrogens with zero attached hydrogens (tertiary/aromatic N) is 3. The van der Waals surface area contributed by atoms with Crippen molar-refractivity contribution in [3.8, 4) is 0 Å². The molecule has 0 radical (unpaired) electrons. The SMILES string of the molecule is CC(C)CC(NC(=O)c1cnc2ccccc2c1)C(=O)N(C1CCCNC[C@@H]1O)S(=O)(=O)c1ccccn1. The first-order valence-electron chi connectivity index (χ1n) is 12.7. The quantitative estimate of drug-likeness (QED) is 0.395. The first-order valence-corrected chi connectivity index (χ1v) is 14.2. The fourth-order valence-corrected chi connectivity index (χ4v) is 6.24. The minimum absolute atomic E-state index is 0.0425. The molecule has 1 aliphatic rings. The molecule has 2 unspecified atom stereocenters. The highest BCUT2D eigenvalue weighted by Gasteiger charge is 2.43. The Morgan fingerprint density at radius 2 is 1.92 bits per heavy atom. The van der Waals surface area contributed by atoms with Gasteiger partial charge in [0.15, 0.2) is 5.03 Å². The summed E-state index contributed by atoms with van der Waals surface area (Å²) in [5.74, 6) is -1.39. The van der Waals surface area contributed by atoms with Gasteiger partial charge in [0.2, 0.25) is 0 Å². The molecule has 0 saturated carbocycles. The summed E-state index contributed by atoms with van der Waals surface area (Å²) in [5.41, 5.74) is 0.977. The zero-order chi connectivity index (χ0) is 27.3. The van der Waals surface area contributed by atoms with Crippen LogP contribution in [0.2, 0.25) is 0 Å². The molecular formula is C27H33N5O5S. The number of rotatable bonds is 8. The number of carbonyl (C=O) groups excluding carboxylic acids is 2. The van der Waals surface area contributed by atoms with Gasteiger partial charge in [-0.2, -0.15) is 8.42 Å². The molecule has 4 rings (SSSR count). The summed E-state index contributed by atoms with van der Waals surface area (Å²) in [5, 5.41) is 17.1. The number of pyridine rings is 2. The topological polar surface area (TPSA) is 142 Å². The second kappa shape index (κ2) is 12.0. The van der Waals surface area contributed by atoms with Crippen LogP contribution in [0, 0.1) is 5.92 Å². The maximum Gasteiger partial charge on any atom is 0.284 e. The first-order chi connectivity index (χ1) is 18.2. The highest BCUT2D eigenvalue weighted by Crippen LogP contribution is 2.25. The molecule has 11 heteroatoms. The molecule has 1 saturated heterocycles. The van der Waals surface area contributed by atoms with Gasteiger partial charge in [-0.3, -0.25) is 14.6 Å². The number of aromatic nitrogens is 2. The Hall–Kier alpha value is -3.41. The van der Waals surface area contributed by atoms with Crippen LogP contribution in [0.4, 0.5) is 0 Å². The Balaban J connectivity index is 1.71. The number of nitrogens with one attached hydrogen (secondary N) is 2. The number of aliphatic hydroxyl groups is 1. The minimum atomic E-state index is -4.44. The molecule has 202 valence electrons. The maximum absolute atomic E-state index is 14.1. The van der Waals surface area contributed by atoms with Gasteiger partial charge in [-0.05, 0) is 56.0 Å². The van der Waals surface area contributed by atoms with Gasteiger partial charge in [-0.1, -0.05) is 38.1 Å². The minimum Gasteiger partial charge on any atom is -0.390 e. The molecule has 3 heterocycles. The molecule has 1 aliphatic heterocycles. The van der Waals surface area contributed by atoms with Crippen LogP contribution in [0.5, 0.6) is 0 Å². The third kappa shape index (κ3) is 6.17. The molecule has 0 aliphatic carbocycles. The van der Waals surface area contributed by atoms with Gasteiger partial charge in [0.25, 0.3) is 21.8 Å². The van der Waals surface area contributed by atoms with Crippen LogP contribution >= 0.6 is 0 Å². The van der Waals surface area contributed by atoms with Crippen molar-refractivity contribution in [1.82, 2.24) is 24.9 Å². The highest BCUT2D eigenvalue weighted by molar-refractivity contribution is 7.89. The van der Waals surface area contributed by atoms with Gasteiger partial charge < -0.3 is 15.7 Å². The summed E-state index contributed by atoms with van der Waals surface area (Å²) in [6.07, 6.45) is 2.66. The maximum atomic E-state index is 14.1. The van der Waals surface area contributed by atoms with Gasteiger partial charge in [0.1, 0.15) is 6.04 Å². The van der Waals surface area contributed by atoms with Gasteiger partial charge in [0.05, 0.1) is 23.2 Å². The van der Waals surface area contributed by atoms with Crippen molar-refractivity contribution in [3.05, 3.63) is 66.5 Å². The fourth-order valence-electron chi connectivity index (χ4n) is 4.63. The number of carbonyl (C=O) groups is 2. The molecular weight excluding hydrogens is 506 g/mol. The van der Waals surface area contributed by atoms with Crippen molar-refractivity contribution in [1.29, 1.82) is 0 Å². The van der Waals surface area contributed by atoms with Gasteiger partial charge >= 0.3 is 0 Å². The van der Waals surface area contributed by atoms with Crippen molar-refractivity contribution >= 4 is 32.7 Å². The van der Waals surface area contributed by atoms with E-state index in [9.17, 15) is 23.1 Å². The van der Waals surface area contributed by atoms with Crippen LogP contribution in [0.25, 0.3) is 10.9 Å². The summed E-state index contributed by atoms with van der Waals surface area (Å²) in [4.78, 5) is 35.7. The molecule has 1 aromatic carbocycles. The Kier molecular flexibility index (Phi) is 8.70. The molecule has 0 spiro atoms. The van der Waals surface area contributed by atoms with E-state index in [2.05, 4.69) is 20.6 Å². The number of aliphatic hydroxyl groups excluding tert-OH is 1. The summed E-state index contributed by atoms with van der Waals surface area (Å²) in [6, 6.07) is 11.3. The molecule has 10 nitrogen and oxygen atoms in total. The fraction of sp³-hybridized carbons (Fsp3) is 0.407. The molecule has 3 N–H and O–H groups in total. The van der Waals surface area contributed by atoms with Crippen LogP contribution in [-0.4, -0.2) is 70.9 Å². The van der Waals surface area contributed by atoms with Gasteiger partial charge in [-0.15, -0.1) is 0 Å². The molecule has 3 aromatic rings. The summed E-state index contributed by atoms with van der Waals surface area (Å²) in [7, 11) is -4.44. The second-order valence-electron chi connectivity index (χ2n) is 9.86. The van der Waals surface area contributed by atoms with Gasteiger partial charge in [0, 0.05) is 24.3 Å². The number of hydrogen-bond donors (Lipinski definition) is 3. The average molecular weight is 540 g/mol. The Labute approximate surface area is 222 Å². The first kappa shape index (κ1) is 27.6. The average Bonchev–Trinajstić information content (AvgIpc) is 3.12. The van der Waals surface area contributed by atoms with Crippen LogP contribution in [0.1, 0.15) is 43.5 Å². The zero-order valence-electron chi connectivity index (χ0n) is 21.4. The van der Waals surface area contributed by atoms with E-state index in [1.807, 2.05) is 38.1 Å². The summed E-state index contributed by atoms with van der Waals surface area (Å²) in [6.45, 7) is 4.48. The van der Waals surface area contributed by atoms with E-state index in [0.29, 0.717) is 13.0 Å². The zero-order valence-corrected chi connectivity index (χ0v) is 22.3. The van der Waals surface area contributed by atoms with Gasteiger partial charge in [-0.25, -0.2) is 9.29 Å². The van der Waals surface area contributed by atoms with Crippen LogP contribution in [0.3, 0.4) is 0 Å². The molecule has 38 heavy (non-hydrogen) atoms. The molecule has 3 atom stereocenters.